The molecular formula is C50H55N19O. The van der Waals surface area contributed by atoms with Crippen LogP contribution in [0.25, 0.3) is 67.2 Å². The lowest BCUT2D eigenvalue weighted by atomic mass is 9.88. The first kappa shape index (κ1) is 43.7. The monoisotopic (exact) mass is 937 g/mol. The highest BCUT2D eigenvalue weighted by atomic mass is 16.3. The summed E-state index contributed by atoms with van der Waals surface area (Å²) in [6.07, 6.45) is 21.2. The number of aromatic nitrogens is 13. The van der Waals surface area contributed by atoms with Gasteiger partial charge in [-0.1, -0.05) is 0 Å². The van der Waals surface area contributed by atoms with Crippen LogP contribution in [0.3, 0.4) is 0 Å². The number of piperidine rings is 3. The van der Waals surface area contributed by atoms with Gasteiger partial charge in [-0.2, -0.15) is 10.2 Å². The number of H-pyrrole nitrogens is 2. The summed E-state index contributed by atoms with van der Waals surface area (Å²) in [6, 6.07) is 12.3. The third kappa shape index (κ3) is 9.31. The van der Waals surface area contributed by atoms with Crippen molar-refractivity contribution < 1.29 is 4.42 Å². The molecule has 12 rings (SSSR count). The zero-order valence-electron chi connectivity index (χ0n) is 38.7. The summed E-state index contributed by atoms with van der Waals surface area (Å²) in [5, 5.41) is 37.2. The average molecular weight is 938 g/mol. The largest absolute Gasteiger partial charge is 0.459 e. The van der Waals surface area contributed by atoms with Gasteiger partial charge in [0.1, 0.15) is 33.7 Å². The minimum atomic E-state index is 0.0252. The predicted octanol–water partition coefficient (Wildman–Crippen LogP) is 6.33. The van der Waals surface area contributed by atoms with E-state index >= 15 is 0 Å². The molecule has 20 heteroatoms. The number of nitrogens with zero attached hydrogens (tertiary/aromatic N) is 11. The Labute approximate surface area is 403 Å². The Kier molecular flexibility index (Phi) is 12.4. The highest BCUT2D eigenvalue weighted by Gasteiger charge is 2.30. The summed E-state index contributed by atoms with van der Waals surface area (Å²) < 4.78 is 6.55. The lowest BCUT2D eigenvalue weighted by Crippen LogP contribution is -2.45. The van der Waals surface area contributed by atoms with E-state index in [-0.39, 0.29) is 18.0 Å². The number of hydrogen-bond acceptors (Lipinski definition) is 18. The molecule has 5 atom stereocenters. The molecule has 5 unspecified atom stereocenters. The molecule has 3 aliphatic rings. The molecule has 0 aliphatic carbocycles. The minimum absolute atomic E-state index is 0.0252. The van der Waals surface area contributed by atoms with Crippen molar-refractivity contribution in [3.8, 4) is 34.1 Å². The van der Waals surface area contributed by atoms with E-state index in [2.05, 4.69) is 79.3 Å². The van der Waals surface area contributed by atoms with Gasteiger partial charge in [0.25, 0.3) is 0 Å². The maximum atomic E-state index is 6.55. The maximum Gasteiger partial charge on any atom is 0.155 e. The predicted molar refractivity (Wildman–Crippen MR) is 268 cm³/mol. The molecule has 0 radical (unpaired) electrons. The summed E-state index contributed by atoms with van der Waals surface area (Å²) in [5.41, 5.74) is 9.35. The molecule has 3 fully saturated rings. The van der Waals surface area contributed by atoms with Gasteiger partial charge in [-0.15, -0.1) is 0 Å². The smallest absolute Gasteiger partial charge is 0.155 e. The Morgan fingerprint density at radius 1 is 0.600 bits per heavy atom. The van der Waals surface area contributed by atoms with Crippen LogP contribution in [0.4, 0.5) is 17.5 Å². The molecule has 9 aromatic heterocycles. The third-order valence-corrected chi connectivity index (χ3v) is 14.0. The molecule has 3 saturated heterocycles. The van der Waals surface area contributed by atoms with Gasteiger partial charge >= 0.3 is 0 Å². The Balaban J connectivity index is 0.738. The highest BCUT2D eigenvalue weighted by molar-refractivity contribution is 5.90. The molecule has 20 nitrogen and oxygen atoms in total. The molecule has 356 valence electrons. The molecule has 0 saturated carbocycles. The fraction of sp³-hybridized carbons (Fsp3) is 0.380. The highest BCUT2D eigenvalue weighted by Crippen LogP contribution is 2.34. The van der Waals surface area contributed by atoms with E-state index in [1.165, 1.54) is 12.8 Å². The zero-order chi connectivity index (χ0) is 46.6. The normalized spacial score (nSPS) is 20.8. The first-order chi connectivity index (χ1) is 34.6. The van der Waals surface area contributed by atoms with Gasteiger partial charge < -0.3 is 36.3 Å². The van der Waals surface area contributed by atoms with Crippen LogP contribution in [-0.4, -0.2) is 117 Å². The SMILES string of the molecule is c1cnc2c(NCC3CCCNC3c3cc(-c4cc5nccnc5c(NCC5CCCNC5Cc5ccc(-c6cc7nccnc7c(NCC7CCCNC7)n6)o5)n4)n[nH]3)nc(-c3cn[nH]c3)cc2n1. The van der Waals surface area contributed by atoms with Crippen molar-refractivity contribution >= 4 is 50.6 Å². The Bertz CT molecular complexity index is 3220. The fourth-order valence-corrected chi connectivity index (χ4v) is 10.4. The summed E-state index contributed by atoms with van der Waals surface area (Å²) >= 11 is 0. The van der Waals surface area contributed by atoms with Gasteiger partial charge in [-0.3, -0.25) is 25.1 Å². The molecule has 9 aromatic rings. The molecular weight excluding hydrogens is 883 g/mol. The zero-order valence-corrected chi connectivity index (χ0v) is 38.7. The molecule has 12 heterocycles. The second-order valence-electron chi connectivity index (χ2n) is 18.7. The van der Waals surface area contributed by atoms with Crippen molar-refractivity contribution in [2.45, 2.75) is 57.0 Å². The number of aromatic amines is 2. The Morgan fingerprint density at radius 3 is 1.94 bits per heavy atom. The van der Waals surface area contributed by atoms with E-state index in [1.807, 2.05) is 30.5 Å². The number of hydrogen-bond donors (Lipinski definition) is 8. The second kappa shape index (κ2) is 19.8. The number of rotatable bonds is 15. The molecule has 0 aromatic carbocycles. The molecule has 8 N–H and O–H groups in total. The van der Waals surface area contributed by atoms with Crippen LogP contribution in [0.5, 0.6) is 0 Å². The summed E-state index contributed by atoms with van der Waals surface area (Å²) in [6.45, 7) is 6.12. The van der Waals surface area contributed by atoms with Crippen molar-refractivity contribution in [2.24, 2.45) is 17.8 Å². The van der Waals surface area contributed by atoms with Crippen LogP contribution in [0.1, 0.15) is 56.0 Å². The summed E-state index contributed by atoms with van der Waals surface area (Å²) in [4.78, 5) is 43.0. The van der Waals surface area contributed by atoms with E-state index in [0.717, 1.165) is 138 Å². The number of pyridine rings is 3. The van der Waals surface area contributed by atoms with Crippen molar-refractivity contribution in [1.29, 1.82) is 0 Å². The van der Waals surface area contributed by atoms with Crippen molar-refractivity contribution in [3.63, 3.8) is 0 Å². The standard InChI is InChI=1S/C50H55N19O/c1-4-29(23-51-9-1)24-60-48-47-41(55-14-17-59-47)22-38(67-48)43-8-7-33(70-43)18-34-30(5-2-10-52-34)25-61-50-46-40(54-13-16-58-46)20-36(66-50)37-21-42(69-68-37)44-31(6-3-11-56-44)26-62-49-45-39(53-12-15-57-45)19-35(65-49)32-27-63-64-28-32/h7-8,12-17,19-22,27-31,34,44,51-52,56H,1-6,9-11,18,23-26H2,(H,60,67)(H,61,66)(H,62,65)(H,63,64)(H,68,69). The maximum absolute atomic E-state index is 6.55. The molecule has 0 bridgehead atoms. The van der Waals surface area contributed by atoms with E-state index in [9.17, 15) is 0 Å². The molecule has 0 amide bonds. The number of nitrogens with one attached hydrogen (secondary N) is 8. The Hall–Kier alpha value is -7.55. The number of fused-ring (bicyclic) bond motifs is 3. The lowest BCUT2D eigenvalue weighted by Gasteiger charge is -2.32. The summed E-state index contributed by atoms with van der Waals surface area (Å²) in [7, 11) is 0. The van der Waals surface area contributed by atoms with Crippen LogP contribution in [0.2, 0.25) is 0 Å². The summed E-state index contributed by atoms with van der Waals surface area (Å²) in [5.74, 6) is 4.80. The van der Waals surface area contributed by atoms with Gasteiger partial charge in [-0.25, -0.2) is 29.9 Å². The van der Waals surface area contributed by atoms with Crippen LogP contribution in [0, 0.1) is 17.8 Å². The van der Waals surface area contributed by atoms with E-state index in [4.69, 9.17) is 34.4 Å². The van der Waals surface area contributed by atoms with Crippen LogP contribution in [-0.2, 0) is 6.42 Å². The number of furan rings is 1. The molecule has 0 spiro atoms. The molecule has 3 aliphatic heterocycles. The Morgan fingerprint density at radius 2 is 1.23 bits per heavy atom. The van der Waals surface area contributed by atoms with Gasteiger partial charge in [0, 0.05) is 81.0 Å². The van der Waals surface area contributed by atoms with Gasteiger partial charge in [0.2, 0.25) is 0 Å². The van der Waals surface area contributed by atoms with Crippen molar-refractivity contribution in [1.82, 2.24) is 81.2 Å². The van der Waals surface area contributed by atoms with Gasteiger partial charge in [-0.05, 0) is 119 Å². The fourth-order valence-electron chi connectivity index (χ4n) is 10.4. The number of anilines is 3. The minimum Gasteiger partial charge on any atom is -0.459 e. The van der Waals surface area contributed by atoms with E-state index in [1.54, 1.807) is 43.4 Å². The van der Waals surface area contributed by atoms with E-state index < -0.39 is 0 Å². The molecule has 70 heavy (non-hydrogen) atoms. The topological polar surface area (TPSA) is 259 Å². The van der Waals surface area contributed by atoms with Gasteiger partial charge in [0.15, 0.2) is 23.2 Å². The first-order valence-electron chi connectivity index (χ1n) is 24.5. The van der Waals surface area contributed by atoms with Crippen LogP contribution < -0.4 is 31.9 Å². The third-order valence-electron chi connectivity index (χ3n) is 14.0. The van der Waals surface area contributed by atoms with Gasteiger partial charge in [0.05, 0.1) is 45.9 Å². The average Bonchev–Trinajstić information content (AvgIpc) is 4.24. The van der Waals surface area contributed by atoms with Crippen molar-refractivity contribution in [3.05, 3.63) is 97.4 Å². The quantitative estimate of drug-likeness (QED) is 0.0559. The second-order valence-corrected chi connectivity index (χ2v) is 18.7. The van der Waals surface area contributed by atoms with Crippen LogP contribution in [0.15, 0.2) is 90.4 Å². The van der Waals surface area contributed by atoms with Crippen LogP contribution >= 0.6 is 0 Å². The van der Waals surface area contributed by atoms with Crippen molar-refractivity contribution in [2.75, 3.05) is 61.8 Å². The lowest BCUT2D eigenvalue weighted by molar-refractivity contribution is 0.278. The van der Waals surface area contributed by atoms with E-state index in [0.29, 0.717) is 48.0 Å². The first-order valence-corrected chi connectivity index (χ1v) is 24.5.